The van der Waals surface area contributed by atoms with Gasteiger partial charge < -0.3 is 4.57 Å². The van der Waals surface area contributed by atoms with Gasteiger partial charge in [0.15, 0.2) is 0 Å². The van der Waals surface area contributed by atoms with Crippen LogP contribution >= 0.6 is 0 Å². The summed E-state index contributed by atoms with van der Waals surface area (Å²) in [5, 5.41) is -0.323. The Morgan fingerprint density at radius 3 is 2.40 bits per heavy atom. The second-order valence-corrected chi connectivity index (χ2v) is 12.1. The lowest BCUT2D eigenvalue weighted by Gasteiger charge is -2.20. The van der Waals surface area contributed by atoms with E-state index < -0.39 is 45.7 Å². The summed E-state index contributed by atoms with van der Waals surface area (Å²) in [5.74, 6) is -0.789. The zero-order valence-electron chi connectivity index (χ0n) is 19.4. The van der Waals surface area contributed by atoms with Crippen LogP contribution in [0.25, 0.3) is 22.0 Å². The number of halogens is 5. The molecule has 1 aliphatic rings. The normalized spacial score (nSPS) is 15.9. The number of alkyl halides is 4. The van der Waals surface area contributed by atoms with E-state index in [0.29, 0.717) is 36.5 Å². The molecule has 1 aliphatic carbocycles. The third-order valence-corrected chi connectivity index (χ3v) is 7.73. The van der Waals surface area contributed by atoms with Gasteiger partial charge in [0.2, 0.25) is 10.0 Å². The Kier molecular flexibility index (Phi) is 6.69. The number of hydrogen-bond acceptors (Lipinski definition) is 3. The molecule has 0 bridgehead atoms. The van der Waals surface area contributed by atoms with Gasteiger partial charge in [-0.25, -0.2) is 35.1 Å². The van der Waals surface area contributed by atoms with E-state index in [2.05, 4.69) is 9.71 Å². The maximum Gasteiger partial charge on any atom is 0.280 e. The highest BCUT2D eigenvalue weighted by Gasteiger charge is 2.40. The largest absolute Gasteiger partial charge is 0.347 e. The maximum atomic E-state index is 14.1. The van der Waals surface area contributed by atoms with Crippen LogP contribution in [0.15, 0.2) is 36.7 Å². The van der Waals surface area contributed by atoms with Crippen LogP contribution in [0, 0.1) is 11.2 Å². The summed E-state index contributed by atoms with van der Waals surface area (Å²) in [6, 6.07) is 3.60. The molecule has 1 aromatic carbocycles. The summed E-state index contributed by atoms with van der Waals surface area (Å²) < 4.78 is 98.0. The summed E-state index contributed by atoms with van der Waals surface area (Å²) in [5.41, 5.74) is -0.225. The highest BCUT2D eigenvalue weighted by atomic mass is 32.2. The van der Waals surface area contributed by atoms with Gasteiger partial charge in [-0.2, -0.15) is 0 Å². The average molecular weight is 516 g/mol. The van der Waals surface area contributed by atoms with E-state index >= 15 is 0 Å². The predicted molar refractivity (Wildman–Crippen MR) is 123 cm³/mol. The SMILES string of the molecule is CC(C)(C)Cn1cc([C@H](NS(=O)(=O)C2CC2)C(F)F)c2ccc(-c3cc(F)cnc3C(F)F)cc21. The van der Waals surface area contributed by atoms with Gasteiger partial charge >= 0.3 is 0 Å². The zero-order valence-corrected chi connectivity index (χ0v) is 20.2. The van der Waals surface area contributed by atoms with Crippen LogP contribution in [0.1, 0.15) is 57.3 Å². The fraction of sp³-hybridized carbons (Fsp3) is 0.458. The number of hydrogen-bond donors (Lipinski definition) is 1. The molecule has 1 fully saturated rings. The highest BCUT2D eigenvalue weighted by molar-refractivity contribution is 7.90. The maximum absolute atomic E-state index is 14.1. The Hall–Kier alpha value is -2.53. The van der Waals surface area contributed by atoms with E-state index in [1.165, 1.54) is 24.4 Å². The number of nitrogens with zero attached hydrogens (tertiary/aromatic N) is 2. The van der Waals surface area contributed by atoms with Crippen molar-refractivity contribution in [1.82, 2.24) is 14.3 Å². The van der Waals surface area contributed by atoms with Gasteiger partial charge in [-0.3, -0.25) is 4.98 Å². The molecule has 4 rings (SSSR count). The minimum atomic E-state index is -3.92. The summed E-state index contributed by atoms with van der Waals surface area (Å²) in [6.07, 6.45) is -2.93. The topological polar surface area (TPSA) is 64.0 Å². The van der Waals surface area contributed by atoms with E-state index in [4.69, 9.17) is 0 Å². The van der Waals surface area contributed by atoms with Crippen molar-refractivity contribution in [2.45, 2.75) is 64.3 Å². The molecule has 0 amide bonds. The summed E-state index contributed by atoms with van der Waals surface area (Å²) >= 11 is 0. The summed E-state index contributed by atoms with van der Waals surface area (Å²) in [7, 11) is -3.92. The molecule has 35 heavy (non-hydrogen) atoms. The van der Waals surface area contributed by atoms with Crippen LogP contribution in [0.5, 0.6) is 0 Å². The number of nitrogens with one attached hydrogen (secondary N) is 1. The molecule has 0 radical (unpaired) electrons. The van der Waals surface area contributed by atoms with Gasteiger partial charge in [0.05, 0.1) is 11.4 Å². The molecule has 5 nitrogen and oxygen atoms in total. The minimum absolute atomic E-state index is 0.0847. The second kappa shape index (κ2) is 9.16. The highest BCUT2D eigenvalue weighted by Crippen LogP contribution is 2.38. The first-order valence-electron chi connectivity index (χ1n) is 11.1. The number of sulfonamides is 1. The quantitative estimate of drug-likeness (QED) is 0.363. The molecule has 0 unspecified atom stereocenters. The van der Waals surface area contributed by atoms with E-state index in [1.54, 1.807) is 4.57 Å². The van der Waals surface area contributed by atoms with Gasteiger partial charge in [0.25, 0.3) is 12.9 Å². The molecule has 0 spiro atoms. The molecule has 1 saturated carbocycles. The third kappa shape index (κ3) is 5.50. The van der Waals surface area contributed by atoms with Crippen LogP contribution in [-0.4, -0.2) is 29.6 Å². The predicted octanol–water partition coefficient (Wildman–Crippen LogP) is 6.21. The van der Waals surface area contributed by atoms with Crippen molar-refractivity contribution in [1.29, 1.82) is 0 Å². The zero-order chi connectivity index (χ0) is 25.7. The Morgan fingerprint density at radius 2 is 1.83 bits per heavy atom. The van der Waals surface area contributed by atoms with Crippen LogP contribution < -0.4 is 4.72 Å². The average Bonchev–Trinajstić information content (AvgIpc) is 3.55. The van der Waals surface area contributed by atoms with Crippen molar-refractivity contribution in [3.05, 3.63) is 53.7 Å². The van der Waals surface area contributed by atoms with Crippen LogP contribution in [-0.2, 0) is 16.6 Å². The van der Waals surface area contributed by atoms with Crippen molar-refractivity contribution in [2.75, 3.05) is 0 Å². The second-order valence-electron chi connectivity index (χ2n) is 10.1. The van der Waals surface area contributed by atoms with Crippen LogP contribution in [0.4, 0.5) is 22.0 Å². The first-order valence-corrected chi connectivity index (χ1v) is 12.7. The molecule has 1 atom stereocenters. The standard InChI is InChI=1S/C24H26F5N3O2S/c1-24(2,3)12-32-11-18(21(23(28)29)31-35(33,34)15-5-6-15)16-7-4-13(8-19(16)32)17-9-14(25)10-30-20(17)22(26)27/h4,7-11,15,21-23,31H,5-6,12H2,1-3H3/t21-/m0/s1. The van der Waals surface area contributed by atoms with Crippen LogP contribution in [0.2, 0.25) is 0 Å². The molecule has 11 heteroatoms. The van der Waals surface area contributed by atoms with Crippen molar-refractivity contribution < 1.29 is 30.4 Å². The van der Waals surface area contributed by atoms with E-state index in [-0.39, 0.29) is 22.1 Å². The number of benzene rings is 1. The first kappa shape index (κ1) is 25.6. The first-order chi connectivity index (χ1) is 16.3. The fourth-order valence-electron chi connectivity index (χ4n) is 4.13. The van der Waals surface area contributed by atoms with Crippen molar-refractivity contribution in [3.63, 3.8) is 0 Å². The Morgan fingerprint density at radius 1 is 1.14 bits per heavy atom. The minimum Gasteiger partial charge on any atom is -0.347 e. The van der Waals surface area contributed by atoms with Crippen molar-refractivity contribution >= 4 is 20.9 Å². The number of pyridine rings is 1. The molecule has 2 aromatic heterocycles. The van der Waals surface area contributed by atoms with E-state index in [0.717, 1.165) is 6.07 Å². The number of aromatic nitrogens is 2. The monoisotopic (exact) mass is 515 g/mol. The molecular weight excluding hydrogens is 489 g/mol. The Bertz CT molecular complexity index is 1350. The van der Waals surface area contributed by atoms with Crippen molar-refractivity contribution in [3.8, 4) is 11.1 Å². The Labute approximate surface area is 200 Å². The van der Waals surface area contributed by atoms with E-state index in [1.807, 2.05) is 20.8 Å². The van der Waals surface area contributed by atoms with Gasteiger partial charge in [0.1, 0.15) is 17.6 Å². The summed E-state index contributed by atoms with van der Waals surface area (Å²) in [4.78, 5) is 3.53. The smallest absolute Gasteiger partial charge is 0.280 e. The lowest BCUT2D eigenvalue weighted by Crippen LogP contribution is -2.35. The van der Waals surface area contributed by atoms with Gasteiger partial charge in [-0.05, 0) is 36.0 Å². The summed E-state index contributed by atoms with van der Waals surface area (Å²) in [6.45, 7) is 6.19. The van der Waals surface area contributed by atoms with Crippen molar-refractivity contribution in [2.24, 2.45) is 5.41 Å². The lowest BCUT2D eigenvalue weighted by atomic mass is 9.96. The molecule has 0 aliphatic heterocycles. The fourth-order valence-corrected chi connectivity index (χ4v) is 5.67. The third-order valence-electron chi connectivity index (χ3n) is 5.80. The molecule has 3 aromatic rings. The van der Waals surface area contributed by atoms with Gasteiger partial charge in [-0.15, -0.1) is 0 Å². The van der Waals surface area contributed by atoms with E-state index in [9.17, 15) is 30.4 Å². The number of rotatable bonds is 8. The molecule has 0 saturated heterocycles. The molecule has 2 heterocycles. The van der Waals surface area contributed by atoms with Crippen LogP contribution in [0.3, 0.4) is 0 Å². The number of fused-ring (bicyclic) bond motifs is 1. The molecular formula is C24H26F5N3O2S. The molecule has 1 N–H and O–H groups in total. The van der Waals surface area contributed by atoms with Gasteiger partial charge in [-0.1, -0.05) is 32.9 Å². The lowest BCUT2D eigenvalue weighted by molar-refractivity contribution is 0.109. The van der Waals surface area contributed by atoms with Gasteiger partial charge in [0, 0.05) is 34.8 Å². The molecule has 190 valence electrons. The Balaban J connectivity index is 1.89.